The molecule has 2 bridgehead atoms. The molecular weight excluding hydrogens is 433 g/mol. The molecule has 2 saturated carbocycles. The standard InChI is InChI=1S/C22H21F3O5S/c1-29-20(26)15-3-6-16(7-4-15)21(13-14-2-5-18(21)12-14)17-8-10-19(11-9-17)30-31(27,28)22(23,24)25/h3-4,6-11,14,18H,2,5,12-13H2,1H3/t14?,18-,21+/m1/s1. The molecule has 9 heteroatoms. The summed E-state index contributed by atoms with van der Waals surface area (Å²) in [6.07, 6.45) is 4.11. The van der Waals surface area contributed by atoms with E-state index in [-0.39, 0.29) is 11.2 Å². The van der Waals surface area contributed by atoms with Gasteiger partial charge in [0.1, 0.15) is 5.75 Å². The summed E-state index contributed by atoms with van der Waals surface area (Å²) in [6.45, 7) is 0. The minimum Gasteiger partial charge on any atom is -0.465 e. The van der Waals surface area contributed by atoms with Gasteiger partial charge in [-0.05, 0) is 66.5 Å². The summed E-state index contributed by atoms with van der Waals surface area (Å²) in [4.78, 5) is 11.8. The van der Waals surface area contributed by atoms with Crippen LogP contribution in [0.5, 0.6) is 5.75 Å². The number of esters is 1. The lowest BCUT2D eigenvalue weighted by atomic mass is 9.64. The largest absolute Gasteiger partial charge is 0.534 e. The third-order valence-corrected chi connectivity index (χ3v) is 7.51. The predicted molar refractivity (Wildman–Crippen MR) is 106 cm³/mol. The average molecular weight is 454 g/mol. The highest BCUT2D eigenvalue weighted by atomic mass is 32.2. The van der Waals surface area contributed by atoms with Gasteiger partial charge in [0.2, 0.25) is 0 Å². The Morgan fingerprint density at radius 1 is 1.00 bits per heavy atom. The van der Waals surface area contributed by atoms with Crippen molar-refractivity contribution in [3.63, 3.8) is 0 Å². The molecule has 0 spiro atoms. The smallest absolute Gasteiger partial charge is 0.465 e. The van der Waals surface area contributed by atoms with Crippen LogP contribution >= 0.6 is 0 Å². The van der Waals surface area contributed by atoms with E-state index in [1.807, 2.05) is 12.1 Å². The Morgan fingerprint density at radius 3 is 2.03 bits per heavy atom. The van der Waals surface area contributed by atoms with Crippen LogP contribution in [0.4, 0.5) is 13.2 Å². The van der Waals surface area contributed by atoms with E-state index >= 15 is 0 Å². The van der Waals surface area contributed by atoms with Crippen molar-refractivity contribution in [2.24, 2.45) is 11.8 Å². The molecule has 0 amide bonds. The minimum absolute atomic E-state index is 0.348. The molecule has 2 fully saturated rings. The zero-order valence-electron chi connectivity index (χ0n) is 16.7. The van der Waals surface area contributed by atoms with Crippen LogP contribution in [-0.4, -0.2) is 27.0 Å². The topological polar surface area (TPSA) is 69.7 Å². The fourth-order valence-electron chi connectivity index (χ4n) is 5.21. The lowest BCUT2D eigenvalue weighted by Crippen LogP contribution is -2.34. The molecule has 0 saturated heterocycles. The van der Waals surface area contributed by atoms with Crippen molar-refractivity contribution in [1.29, 1.82) is 0 Å². The van der Waals surface area contributed by atoms with E-state index < -0.39 is 21.6 Å². The number of hydrogen-bond acceptors (Lipinski definition) is 5. The van der Waals surface area contributed by atoms with Crippen LogP contribution < -0.4 is 4.18 Å². The highest BCUT2D eigenvalue weighted by Gasteiger charge is 2.53. The molecule has 2 aromatic rings. The quantitative estimate of drug-likeness (QED) is 0.369. The number of carbonyl (C=O) groups is 1. The van der Waals surface area contributed by atoms with Gasteiger partial charge in [0.15, 0.2) is 0 Å². The number of halogens is 3. The van der Waals surface area contributed by atoms with Crippen molar-refractivity contribution >= 4 is 16.1 Å². The van der Waals surface area contributed by atoms with Gasteiger partial charge in [-0.1, -0.05) is 30.7 Å². The summed E-state index contributed by atoms with van der Waals surface area (Å²) >= 11 is 0. The van der Waals surface area contributed by atoms with Crippen LogP contribution in [0, 0.1) is 11.8 Å². The molecule has 4 rings (SSSR count). The summed E-state index contributed by atoms with van der Waals surface area (Å²) in [5.41, 5.74) is -3.49. The molecule has 0 aliphatic heterocycles. The summed E-state index contributed by atoms with van der Waals surface area (Å²) in [5.74, 6) is 0.0836. The normalized spacial score (nSPS) is 25.4. The second-order valence-corrected chi connectivity index (χ2v) is 9.67. The Labute approximate surface area is 178 Å². The number of hydrogen-bond donors (Lipinski definition) is 0. The second-order valence-electron chi connectivity index (χ2n) is 8.13. The van der Waals surface area contributed by atoms with Crippen LogP contribution in [0.1, 0.15) is 47.2 Å². The number of alkyl halides is 3. The molecule has 0 heterocycles. The Balaban J connectivity index is 1.69. The molecule has 2 aliphatic carbocycles. The maximum atomic E-state index is 12.6. The van der Waals surface area contributed by atoms with Crippen LogP contribution in [0.2, 0.25) is 0 Å². The minimum atomic E-state index is -5.72. The van der Waals surface area contributed by atoms with E-state index in [0.717, 1.165) is 36.8 Å². The first-order chi connectivity index (χ1) is 14.6. The molecular formula is C22H21F3O5S. The molecule has 3 atom stereocenters. The number of benzene rings is 2. The number of ether oxygens (including phenoxy) is 1. The fourth-order valence-corrected chi connectivity index (χ4v) is 5.67. The molecule has 31 heavy (non-hydrogen) atoms. The van der Waals surface area contributed by atoms with Gasteiger partial charge in [-0.25, -0.2) is 4.79 Å². The predicted octanol–water partition coefficient (Wildman–Crippen LogP) is 4.81. The molecule has 0 radical (unpaired) electrons. The summed E-state index contributed by atoms with van der Waals surface area (Å²) < 4.78 is 69.3. The summed E-state index contributed by atoms with van der Waals surface area (Å²) in [7, 11) is -4.40. The highest BCUT2D eigenvalue weighted by molar-refractivity contribution is 7.88. The Kier molecular flexibility index (Phi) is 5.28. The lowest BCUT2D eigenvalue weighted by molar-refractivity contribution is -0.0500. The molecule has 2 aromatic carbocycles. The second kappa shape index (κ2) is 7.55. The molecule has 0 N–H and O–H groups in total. The Hall–Kier alpha value is -2.55. The monoisotopic (exact) mass is 454 g/mol. The van der Waals surface area contributed by atoms with Gasteiger partial charge in [0, 0.05) is 5.41 Å². The summed E-state index contributed by atoms with van der Waals surface area (Å²) in [6, 6.07) is 13.0. The van der Waals surface area contributed by atoms with Crippen molar-refractivity contribution < 1.29 is 35.3 Å². The van der Waals surface area contributed by atoms with Gasteiger partial charge >= 0.3 is 21.6 Å². The van der Waals surface area contributed by atoms with E-state index in [0.29, 0.717) is 17.4 Å². The third-order valence-electron chi connectivity index (χ3n) is 6.53. The average Bonchev–Trinajstić information content (AvgIpc) is 3.35. The fraction of sp³-hybridized carbons (Fsp3) is 0.409. The van der Waals surface area contributed by atoms with Crippen LogP contribution in [-0.2, 0) is 20.3 Å². The Bertz CT molecular complexity index is 1080. The molecule has 2 aliphatic rings. The van der Waals surface area contributed by atoms with Crippen LogP contribution in [0.15, 0.2) is 48.5 Å². The van der Waals surface area contributed by atoms with E-state index in [4.69, 9.17) is 4.74 Å². The maximum Gasteiger partial charge on any atom is 0.534 e. The first-order valence-electron chi connectivity index (χ1n) is 9.87. The molecule has 166 valence electrons. The van der Waals surface area contributed by atoms with E-state index in [1.165, 1.54) is 19.2 Å². The van der Waals surface area contributed by atoms with Crippen LogP contribution in [0.3, 0.4) is 0 Å². The molecule has 5 nitrogen and oxygen atoms in total. The zero-order valence-corrected chi connectivity index (χ0v) is 17.5. The van der Waals surface area contributed by atoms with Gasteiger partial charge in [-0.2, -0.15) is 21.6 Å². The number of fused-ring (bicyclic) bond motifs is 2. The number of carbonyl (C=O) groups excluding carboxylic acids is 1. The van der Waals surface area contributed by atoms with Crippen molar-refractivity contribution in [2.45, 2.75) is 36.6 Å². The van der Waals surface area contributed by atoms with E-state index in [9.17, 15) is 26.4 Å². The SMILES string of the molecule is COC(=O)c1ccc([C@]2(c3ccc(OS(=O)(=O)C(F)(F)F)cc3)CC3CC[C@@H]2C3)cc1. The van der Waals surface area contributed by atoms with E-state index in [2.05, 4.69) is 4.18 Å². The zero-order chi connectivity index (χ0) is 22.4. The number of rotatable bonds is 5. The van der Waals surface area contributed by atoms with Gasteiger partial charge in [-0.15, -0.1) is 0 Å². The van der Waals surface area contributed by atoms with E-state index in [1.54, 1.807) is 24.3 Å². The van der Waals surface area contributed by atoms with Crippen molar-refractivity contribution in [2.75, 3.05) is 7.11 Å². The summed E-state index contributed by atoms with van der Waals surface area (Å²) in [5, 5.41) is 0. The van der Waals surface area contributed by atoms with Gasteiger partial charge in [0.25, 0.3) is 0 Å². The Morgan fingerprint density at radius 2 is 1.58 bits per heavy atom. The van der Waals surface area contributed by atoms with Gasteiger partial charge < -0.3 is 8.92 Å². The van der Waals surface area contributed by atoms with Gasteiger partial charge in [0.05, 0.1) is 12.7 Å². The highest BCUT2D eigenvalue weighted by Crippen LogP contribution is 2.60. The van der Waals surface area contributed by atoms with Crippen molar-refractivity contribution in [3.8, 4) is 5.75 Å². The first-order valence-corrected chi connectivity index (χ1v) is 11.3. The van der Waals surface area contributed by atoms with Crippen molar-refractivity contribution in [3.05, 3.63) is 65.2 Å². The van der Waals surface area contributed by atoms with Crippen LogP contribution in [0.25, 0.3) is 0 Å². The van der Waals surface area contributed by atoms with Gasteiger partial charge in [-0.3, -0.25) is 0 Å². The number of methoxy groups -OCH3 is 1. The van der Waals surface area contributed by atoms with Crippen molar-refractivity contribution in [1.82, 2.24) is 0 Å². The molecule has 0 aromatic heterocycles. The third kappa shape index (κ3) is 3.69. The maximum absolute atomic E-state index is 12.6. The first kappa shape index (κ1) is 21.7. The lowest BCUT2D eigenvalue weighted by Gasteiger charge is -2.39. The molecule has 1 unspecified atom stereocenters.